The third kappa shape index (κ3) is 4.15. The Morgan fingerprint density at radius 1 is 1.08 bits per heavy atom. The van der Waals surface area contributed by atoms with Crippen LogP contribution in [0.1, 0.15) is 35.3 Å². The number of rotatable bonds is 5. The number of nitrogens with one attached hydrogen (secondary N) is 1. The minimum atomic E-state index is -0.0927. The van der Waals surface area contributed by atoms with Crippen LogP contribution < -0.4 is 5.32 Å². The second-order valence-electron chi connectivity index (χ2n) is 6.57. The Morgan fingerprint density at radius 2 is 1.76 bits per heavy atom. The number of nitrogens with zero attached hydrogens (tertiary/aromatic N) is 2. The zero-order valence-electron chi connectivity index (χ0n) is 14.9. The number of hydrogen-bond acceptors (Lipinski definition) is 2. The molecule has 4 heteroatoms. The van der Waals surface area contributed by atoms with Crippen LogP contribution in [0.15, 0.2) is 60.8 Å². The number of amides is 1. The van der Waals surface area contributed by atoms with E-state index in [0.29, 0.717) is 17.8 Å². The summed E-state index contributed by atoms with van der Waals surface area (Å²) >= 11 is 0. The van der Waals surface area contributed by atoms with E-state index in [9.17, 15) is 4.79 Å². The normalized spacial score (nSPS) is 10.9. The summed E-state index contributed by atoms with van der Waals surface area (Å²) in [5, 5.41) is 7.66. The van der Waals surface area contributed by atoms with E-state index < -0.39 is 0 Å². The van der Waals surface area contributed by atoms with Gasteiger partial charge < -0.3 is 5.32 Å². The molecule has 0 spiro atoms. The van der Waals surface area contributed by atoms with Crippen molar-refractivity contribution in [3.8, 4) is 11.3 Å². The van der Waals surface area contributed by atoms with E-state index in [1.165, 1.54) is 5.56 Å². The molecule has 0 saturated carbocycles. The van der Waals surface area contributed by atoms with Gasteiger partial charge in [-0.15, -0.1) is 0 Å². The van der Waals surface area contributed by atoms with Crippen LogP contribution >= 0.6 is 0 Å². The van der Waals surface area contributed by atoms with Gasteiger partial charge in [0.1, 0.15) is 5.69 Å². The Morgan fingerprint density at radius 3 is 2.40 bits per heavy atom. The lowest BCUT2D eigenvalue weighted by Gasteiger charge is -2.08. The molecule has 1 heterocycles. The molecule has 0 radical (unpaired) electrons. The highest BCUT2D eigenvalue weighted by atomic mass is 16.1. The molecule has 25 heavy (non-hydrogen) atoms. The molecule has 0 aliphatic rings. The van der Waals surface area contributed by atoms with Crippen molar-refractivity contribution < 1.29 is 4.79 Å². The maximum absolute atomic E-state index is 12.6. The van der Waals surface area contributed by atoms with E-state index >= 15 is 0 Å². The minimum absolute atomic E-state index is 0.0795. The van der Waals surface area contributed by atoms with Gasteiger partial charge in [-0.1, -0.05) is 60.2 Å². The van der Waals surface area contributed by atoms with E-state index in [4.69, 9.17) is 0 Å². The van der Waals surface area contributed by atoms with Gasteiger partial charge in [-0.25, -0.2) is 0 Å². The zero-order chi connectivity index (χ0) is 17.8. The van der Waals surface area contributed by atoms with E-state index in [1.807, 2.05) is 74.1 Å². The molecular formula is C21H23N3O. The molecule has 128 valence electrons. The van der Waals surface area contributed by atoms with E-state index in [0.717, 1.165) is 11.1 Å². The summed E-state index contributed by atoms with van der Waals surface area (Å²) in [4.78, 5) is 12.6. The molecule has 0 atom stereocenters. The van der Waals surface area contributed by atoms with Crippen LogP contribution in [-0.2, 0) is 6.54 Å². The van der Waals surface area contributed by atoms with Crippen molar-refractivity contribution in [2.75, 3.05) is 0 Å². The lowest BCUT2D eigenvalue weighted by atomic mass is 10.1. The molecule has 3 rings (SSSR count). The quantitative estimate of drug-likeness (QED) is 0.766. The molecule has 0 bridgehead atoms. The second-order valence-corrected chi connectivity index (χ2v) is 6.57. The van der Waals surface area contributed by atoms with Crippen LogP contribution in [0.3, 0.4) is 0 Å². The fraction of sp³-hybridized carbons (Fsp3) is 0.238. The number of benzene rings is 2. The number of hydrogen-bond donors (Lipinski definition) is 1. The fourth-order valence-corrected chi connectivity index (χ4v) is 2.70. The van der Waals surface area contributed by atoms with Crippen molar-refractivity contribution in [1.29, 1.82) is 0 Å². The van der Waals surface area contributed by atoms with Gasteiger partial charge in [0.25, 0.3) is 5.91 Å². The lowest BCUT2D eigenvalue weighted by molar-refractivity contribution is 0.0943. The average molecular weight is 333 g/mol. The standard InChI is InChI=1S/C21H23N3O/c1-15(2)22-21(25)19-14-24(13-17-7-5-4-6-8-17)23-20(19)18-11-9-16(3)10-12-18/h4-12,14-15H,13H2,1-3H3,(H,22,25). The van der Waals surface area contributed by atoms with Crippen LogP contribution in [-0.4, -0.2) is 21.7 Å². The van der Waals surface area contributed by atoms with Gasteiger partial charge in [-0.3, -0.25) is 9.48 Å². The third-order valence-electron chi connectivity index (χ3n) is 3.94. The number of carbonyl (C=O) groups excluding carboxylic acids is 1. The second kappa shape index (κ2) is 7.34. The molecular weight excluding hydrogens is 310 g/mol. The molecule has 0 aliphatic heterocycles. The molecule has 1 N–H and O–H groups in total. The summed E-state index contributed by atoms with van der Waals surface area (Å²) in [7, 11) is 0. The van der Waals surface area contributed by atoms with Crippen LogP contribution in [0.4, 0.5) is 0 Å². The van der Waals surface area contributed by atoms with Gasteiger partial charge >= 0.3 is 0 Å². The van der Waals surface area contributed by atoms with E-state index in [1.54, 1.807) is 0 Å². The molecule has 1 aromatic heterocycles. The summed E-state index contributed by atoms with van der Waals surface area (Å²) in [5.74, 6) is -0.0927. The molecule has 1 amide bonds. The molecule has 0 aliphatic carbocycles. The molecule has 0 saturated heterocycles. The first-order chi connectivity index (χ1) is 12.0. The van der Waals surface area contributed by atoms with Crippen LogP contribution in [0, 0.1) is 6.92 Å². The summed E-state index contributed by atoms with van der Waals surface area (Å²) in [6.45, 7) is 6.59. The molecule has 4 nitrogen and oxygen atoms in total. The van der Waals surface area contributed by atoms with E-state index in [-0.39, 0.29) is 11.9 Å². The SMILES string of the molecule is Cc1ccc(-c2nn(Cc3ccccc3)cc2C(=O)NC(C)C)cc1. The van der Waals surface area contributed by atoms with Gasteiger partial charge in [0, 0.05) is 17.8 Å². The number of aromatic nitrogens is 2. The number of carbonyl (C=O) groups is 1. The Hall–Kier alpha value is -2.88. The van der Waals surface area contributed by atoms with Crippen molar-refractivity contribution in [2.45, 2.75) is 33.4 Å². The van der Waals surface area contributed by atoms with Gasteiger partial charge in [0.05, 0.1) is 12.1 Å². The first-order valence-corrected chi connectivity index (χ1v) is 8.52. The molecule has 2 aromatic carbocycles. The molecule has 3 aromatic rings. The van der Waals surface area contributed by atoms with E-state index in [2.05, 4.69) is 22.5 Å². The van der Waals surface area contributed by atoms with Crippen LogP contribution in [0.2, 0.25) is 0 Å². The van der Waals surface area contributed by atoms with Gasteiger partial charge in [0.15, 0.2) is 0 Å². The Bertz CT molecular complexity index is 849. The topological polar surface area (TPSA) is 46.9 Å². The van der Waals surface area contributed by atoms with Crippen LogP contribution in [0.5, 0.6) is 0 Å². The van der Waals surface area contributed by atoms with Crippen molar-refractivity contribution in [1.82, 2.24) is 15.1 Å². The lowest BCUT2D eigenvalue weighted by Crippen LogP contribution is -2.30. The van der Waals surface area contributed by atoms with Gasteiger partial charge in [0.2, 0.25) is 0 Å². The van der Waals surface area contributed by atoms with Crippen molar-refractivity contribution in [2.24, 2.45) is 0 Å². The van der Waals surface area contributed by atoms with Crippen LogP contribution in [0.25, 0.3) is 11.3 Å². The molecule has 0 fully saturated rings. The van der Waals surface area contributed by atoms with Crippen molar-refractivity contribution >= 4 is 5.91 Å². The molecule has 0 unspecified atom stereocenters. The largest absolute Gasteiger partial charge is 0.350 e. The smallest absolute Gasteiger partial charge is 0.255 e. The maximum Gasteiger partial charge on any atom is 0.255 e. The first kappa shape index (κ1) is 17.0. The summed E-state index contributed by atoms with van der Waals surface area (Å²) in [6, 6.07) is 18.3. The highest BCUT2D eigenvalue weighted by Gasteiger charge is 2.18. The van der Waals surface area contributed by atoms with Gasteiger partial charge in [-0.2, -0.15) is 5.10 Å². The monoisotopic (exact) mass is 333 g/mol. The highest BCUT2D eigenvalue weighted by molar-refractivity contribution is 5.99. The Balaban J connectivity index is 1.98. The van der Waals surface area contributed by atoms with Crippen molar-refractivity contribution in [3.05, 3.63) is 77.5 Å². The zero-order valence-corrected chi connectivity index (χ0v) is 14.9. The maximum atomic E-state index is 12.6. The number of aryl methyl sites for hydroxylation is 1. The summed E-state index contributed by atoms with van der Waals surface area (Å²) in [6.07, 6.45) is 1.83. The van der Waals surface area contributed by atoms with Crippen molar-refractivity contribution in [3.63, 3.8) is 0 Å². The third-order valence-corrected chi connectivity index (χ3v) is 3.94. The summed E-state index contributed by atoms with van der Waals surface area (Å²) < 4.78 is 1.83. The average Bonchev–Trinajstić information content (AvgIpc) is 3.00. The summed E-state index contributed by atoms with van der Waals surface area (Å²) in [5.41, 5.74) is 4.60. The predicted molar refractivity (Wildman–Crippen MR) is 101 cm³/mol. The first-order valence-electron chi connectivity index (χ1n) is 8.52. The predicted octanol–water partition coefficient (Wildman–Crippen LogP) is 4.05. The fourth-order valence-electron chi connectivity index (χ4n) is 2.70. The van der Waals surface area contributed by atoms with Gasteiger partial charge in [-0.05, 0) is 26.3 Å². The highest BCUT2D eigenvalue weighted by Crippen LogP contribution is 2.23. The Kier molecular flexibility index (Phi) is 4.98. The minimum Gasteiger partial charge on any atom is -0.350 e. The Labute approximate surface area is 148 Å².